The van der Waals surface area contributed by atoms with Crippen molar-refractivity contribution in [2.75, 3.05) is 12.3 Å². The number of nitrogens with two attached hydrogens (primary N) is 1. The first-order valence-electron chi connectivity index (χ1n) is 7.67. The Kier molecular flexibility index (Phi) is 7.75. The lowest BCUT2D eigenvalue weighted by atomic mass is 10.0. The monoisotopic (exact) mass is 513 g/mol. The van der Waals surface area contributed by atoms with Crippen molar-refractivity contribution in [3.63, 3.8) is 0 Å². The maximum atomic E-state index is 11.8. The number of hydrogen-bond donors (Lipinski definition) is 8. The van der Waals surface area contributed by atoms with Crippen LogP contribution in [0.25, 0.3) is 0 Å². The number of aliphatic hydroxyl groups is 2. The van der Waals surface area contributed by atoms with Gasteiger partial charge in [0, 0.05) is 11.3 Å². The Morgan fingerprint density at radius 1 is 1.10 bits per heavy atom. The molecule has 1 fully saturated rings. The summed E-state index contributed by atoms with van der Waals surface area (Å²) < 4.78 is 45.3. The van der Waals surface area contributed by atoms with E-state index >= 15 is 0 Å². The molecule has 30 heavy (non-hydrogen) atoms. The summed E-state index contributed by atoms with van der Waals surface area (Å²) in [6.07, 6.45) is -3.01. The van der Waals surface area contributed by atoms with E-state index in [0.717, 1.165) is 11.8 Å². The summed E-state index contributed by atoms with van der Waals surface area (Å²) in [6, 6.07) is 0. The van der Waals surface area contributed by atoms with Gasteiger partial charge in [0.1, 0.15) is 5.82 Å². The maximum Gasteiger partial charge on any atom is 0.490 e. The van der Waals surface area contributed by atoms with Crippen LogP contribution in [0.5, 0.6) is 0 Å². The van der Waals surface area contributed by atoms with Gasteiger partial charge in [-0.25, -0.2) is 18.5 Å². The molecule has 0 radical (unpaired) electrons. The molecule has 1 aliphatic rings. The Bertz CT molecular complexity index is 997. The van der Waals surface area contributed by atoms with Crippen LogP contribution in [0.2, 0.25) is 0 Å². The average Bonchev–Trinajstić information content (AvgIpc) is 2.81. The lowest BCUT2D eigenvalue weighted by Gasteiger charge is -2.19. The second-order valence-corrected chi connectivity index (χ2v) is 11.7. The van der Waals surface area contributed by atoms with Crippen LogP contribution in [-0.4, -0.2) is 63.8 Å². The van der Waals surface area contributed by atoms with E-state index in [9.17, 15) is 33.6 Å². The first-order chi connectivity index (χ1) is 13.5. The number of phosphoric acid groups is 3. The van der Waals surface area contributed by atoms with E-state index in [-0.39, 0.29) is 11.5 Å². The van der Waals surface area contributed by atoms with Crippen molar-refractivity contribution < 1.29 is 56.6 Å². The molecule has 20 heteroatoms. The fraction of sp³-hybridized carbons (Fsp3) is 0.600. The standard InChI is InChI=1S/C10H18N3O13P3S/c1-3-5(12-10(16)13-9(3)11)8-7(15)6(14)4(30-8)2-24-28(20,21)26-29(22,23)25-27(17,18)19/h4,6-8,14-15H,2H2,1H3,(H,20,21)(H,22,23)(H2,17,18,19)(H3,11,12,13,16)/t4-,6-,7-,8-/m1/s1. The van der Waals surface area contributed by atoms with Crippen LogP contribution < -0.4 is 11.4 Å². The lowest BCUT2D eigenvalue weighted by molar-refractivity contribution is 0.0190. The SMILES string of the molecule is Cc1c(N)nc(=O)[nH]c1[C@H]1S[C@H](COP(=O)(O)OP(=O)(O)OP(=O)(O)O)[C@@H](O)[C@H]1O. The van der Waals surface area contributed by atoms with Gasteiger partial charge in [-0.15, -0.1) is 11.8 Å². The molecule has 1 aromatic heterocycles. The number of hydrogen-bond acceptors (Lipinski definition) is 12. The van der Waals surface area contributed by atoms with E-state index in [1.807, 2.05) is 0 Å². The zero-order valence-electron chi connectivity index (χ0n) is 14.8. The predicted molar refractivity (Wildman–Crippen MR) is 100.0 cm³/mol. The second-order valence-electron chi connectivity index (χ2n) is 5.93. The largest absolute Gasteiger partial charge is 0.490 e. The normalized spacial score (nSPS) is 28.8. The van der Waals surface area contributed by atoms with Crippen molar-refractivity contribution in [3.05, 3.63) is 21.7 Å². The number of nitrogens with zero attached hydrogens (tertiary/aromatic N) is 1. The number of aliphatic hydroxyl groups excluding tert-OH is 2. The van der Waals surface area contributed by atoms with Crippen LogP contribution in [0.3, 0.4) is 0 Å². The van der Waals surface area contributed by atoms with E-state index in [2.05, 4.69) is 23.1 Å². The minimum absolute atomic E-state index is 0.104. The molecule has 2 rings (SSSR count). The molecular weight excluding hydrogens is 495 g/mol. The van der Waals surface area contributed by atoms with Gasteiger partial charge in [0.2, 0.25) is 0 Å². The van der Waals surface area contributed by atoms with Crippen molar-refractivity contribution in [2.45, 2.75) is 29.6 Å². The van der Waals surface area contributed by atoms with Crippen molar-refractivity contribution in [3.8, 4) is 0 Å². The second kappa shape index (κ2) is 9.08. The van der Waals surface area contributed by atoms with Gasteiger partial charge in [-0.1, -0.05) is 0 Å². The number of thioether (sulfide) groups is 1. The molecule has 172 valence electrons. The van der Waals surface area contributed by atoms with Crippen molar-refractivity contribution in [1.29, 1.82) is 0 Å². The number of aromatic amines is 1. The molecule has 0 aromatic carbocycles. The molecule has 0 bridgehead atoms. The molecule has 1 aliphatic heterocycles. The topological polar surface area (TPSA) is 272 Å². The molecule has 0 amide bonds. The molecule has 16 nitrogen and oxygen atoms in total. The lowest BCUT2D eigenvalue weighted by Crippen LogP contribution is -2.33. The fourth-order valence-electron chi connectivity index (χ4n) is 2.45. The molecular formula is C10H18N3O13P3S. The quantitative estimate of drug-likeness (QED) is 0.191. The van der Waals surface area contributed by atoms with E-state index in [1.54, 1.807) is 0 Å². The van der Waals surface area contributed by atoms with Gasteiger partial charge >= 0.3 is 29.2 Å². The first kappa shape index (κ1) is 25.6. The zero-order valence-corrected chi connectivity index (χ0v) is 18.3. The predicted octanol–water partition coefficient (Wildman–Crippen LogP) is -1.12. The third-order valence-electron chi connectivity index (χ3n) is 3.72. The number of anilines is 1. The van der Waals surface area contributed by atoms with Gasteiger partial charge in [0.25, 0.3) is 0 Å². The Balaban J connectivity index is 2.10. The molecule has 0 spiro atoms. The number of phosphoric ester groups is 1. The van der Waals surface area contributed by atoms with Crippen LogP contribution in [0.1, 0.15) is 16.5 Å². The molecule has 1 aromatic rings. The van der Waals surface area contributed by atoms with Crippen molar-refractivity contribution >= 4 is 41.0 Å². The van der Waals surface area contributed by atoms with Crippen LogP contribution in [0.4, 0.5) is 5.82 Å². The zero-order chi connectivity index (χ0) is 23.1. The van der Waals surface area contributed by atoms with Crippen LogP contribution in [0, 0.1) is 6.92 Å². The molecule has 2 heterocycles. The number of H-pyrrole nitrogens is 1. The minimum Gasteiger partial charge on any atom is -0.389 e. The molecule has 6 atom stereocenters. The molecule has 0 saturated carbocycles. The molecule has 0 aliphatic carbocycles. The summed E-state index contributed by atoms with van der Waals surface area (Å²) >= 11 is 0.827. The van der Waals surface area contributed by atoms with Crippen molar-refractivity contribution in [2.24, 2.45) is 0 Å². The molecule has 9 N–H and O–H groups in total. The summed E-state index contributed by atoms with van der Waals surface area (Å²) in [7, 11) is -16.6. The number of rotatable bonds is 8. The summed E-state index contributed by atoms with van der Waals surface area (Å²) in [5.41, 5.74) is 5.29. The van der Waals surface area contributed by atoms with Crippen LogP contribution in [0.15, 0.2) is 4.79 Å². The van der Waals surface area contributed by atoms with E-state index in [0.29, 0.717) is 5.56 Å². The van der Waals surface area contributed by atoms with Gasteiger partial charge in [-0.2, -0.15) is 13.6 Å². The smallest absolute Gasteiger partial charge is 0.389 e. The highest BCUT2D eigenvalue weighted by atomic mass is 32.2. The highest BCUT2D eigenvalue weighted by Crippen LogP contribution is 2.66. The Hall–Kier alpha value is -0.640. The van der Waals surface area contributed by atoms with Gasteiger partial charge < -0.3 is 40.5 Å². The Morgan fingerprint density at radius 2 is 1.70 bits per heavy atom. The summed E-state index contributed by atoms with van der Waals surface area (Å²) in [6.45, 7) is 0.694. The van der Waals surface area contributed by atoms with E-state index < -0.39 is 58.5 Å². The number of aromatic nitrogens is 2. The maximum absolute atomic E-state index is 11.8. The number of nitrogen functional groups attached to an aromatic ring is 1. The third-order valence-corrected chi connectivity index (χ3v) is 9.09. The minimum atomic E-state index is -5.68. The average molecular weight is 513 g/mol. The summed E-state index contributed by atoms with van der Waals surface area (Å²) in [5, 5.41) is 18.4. The Labute approximate surface area is 171 Å². The van der Waals surface area contributed by atoms with Gasteiger partial charge in [-0.05, 0) is 6.92 Å². The van der Waals surface area contributed by atoms with Gasteiger partial charge in [0.05, 0.1) is 29.3 Å². The van der Waals surface area contributed by atoms with Crippen LogP contribution >= 0.6 is 35.2 Å². The highest BCUT2D eigenvalue weighted by Gasteiger charge is 2.46. The molecule has 1 saturated heterocycles. The Morgan fingerprint density at radius 3 is 2.27 bits per heavy atom. The van der Waals surface area contributed by atoms with E-state index in [1.165, 1.54) is 6.92 Å². The fourth-order valence-corrected chi connectivity index (χ4v) is 7.13. The van der Waals surface area contributed by atoms with Crippen LogP contribution in [-0.2, 0) is 26.8 Å². The summed E-state index contributed by atoms with van der Waals surface area (Å²) in [4.78, 5) is 53.0. The van der Waals surface area contributed by atoms with Gasteiger partial charge in [0.15, 0.2) is 0 Å². The first-order valence-corrected chi connectivity index (χ1v) is 13.1. The molecule has 2 unspecified atom stereocenters. The van der Waals surface area contributed by atoms with Crippen molar-refractivity contribution in [1.82, 2.24) is 9.97 Å². The summed E-state index contributed by atoms with van der Waals surface area (Å²) in [5.74, 6) is -0.104. The highest BCUT2D eigenvalue weighted by molar-refractivity contribution is 8.00. The van der Waals surface area contributed by atoms with Gasteiger partial charge in [-0.3, -0.25) is 4.52 Å². The third kappa shape index (κ3) is 6.68. The number of nitrogens with one attached hydrogen (secondary N) is 1. The van der Waals surface area contributed by atoms with E-state index in [4.69, 9.17) is 20.4 Å².